The second-order valence-corrected chi connectivity index (χ2v) is 11.6. The summed E-state index contributed by atoms with van der Waals surface area (Å²) in [6.45, 7) is 3.54. The minimum atomic E-state index is -3.91. The summed E-state index contributed by atoms with van der Waals surface area (Å²) in [6.07, 6.45) is 3.61. The fourth-order valence-electron chi connectivity index (χ4n) is 3.73. The van der Waals surface area contributed by atoms with Crippen LogP contribution in [0.3, 0.4) is 0 Å². The average Bonchev–Trinajstić information content (AvgIpc) is 2.94. The lowest BCUT2D eigenvalue weighted by Crippen LogP contribution is -2.13. The Bertz CT molecular complexity index is 1660. The van der Waals surface area contributed by atoms with E-state index in [-0.39, 0.29) is 21.2 Å². The molecule has 0 amide bonds. The van der Waals surface area contributed by atoms with Gasteiger partial charge in [0.2, 0.25) is 9.84 Å². The number of rotatable bonds is 6. The molecule has 0 atom stereocenters. The number of aryl methyl sites for hydroxylation is 2. The Morgan fingerprint density at radius 2 is 1.30 bits per heavy atom. The second kappa shape index (κ2) is 13.5. The SMILES string of the molecule is COC(=O)c1cccc(C)c1S(=O)(=O)c1ccc(/C=C/c2ccc(F)cc2)cc1.Cc1cccc(C(=O)O)c1I. The van der Waals surface area contributed by atoms with E-state index in [1.807, 2.05) is 35.6 Å². The minimum absolute atomic E-state index is 0.00721. The summed E-state index contributed by atoms with van der Waals surface area (Å²) in [6, 6.07) is 22.3. The number of halogens is 2. The van der Waals surface area contributed by atoms with E-state index < -0.39 is 21.8 Å². The first-order valence-electron chi connectivity index (χ1n) is 11.9. The fourth-order valence-corrected chi connectivity index (χ4v) is 5.99. The number of aromatic carboxylic acids is 1. The number of carbonyl (C=O) groups is 2. The van der Waals surface area contributed by atoms with Gasteiger partial charge in [-0.2, -0.15) is 0 Å². The molecule has 1 N–H and O–H groups in total. The van der Waals surface area contributed by atoms with Crippen molar-refractivity contribution in [3.05, 3.63) is 128 Å². The predicted molar refractivity (Wildman–Crippen MR) is 161 cm³/mol. The number of hydrogen-bond acceptors (Lipinski definition) is 5. The standard InChI is InChI=1S/C23H19FO4S.C8H7IO2/c1-16-4-3-5-21(23(25)28-2)22(16)29(26,27)20-14-10-18(11-15-20)7-6-17-8-12-19(24)13-9-17;1-5-3-2-4-6(7(5)9)8(10)11/h3-15H,1-2H3;2-4H,1H3,(H,10,11)/b7-6+;. The van der Waals surface area contributed by atoms with Crippen molar-refractivity contribution in [3.8, 4) is 0 Å². The zero-order chi connectivity index (χ0) is 29.4. The van der Waals surface area contributed by atoms with Crippen LogP contribution in [-0.2, 0) is 14.6 Å². The predicted octanol–water partition coefficient (Wildman–Crippen LogP) is 7.22. The molecule has 0 aliphatic carbocycles. The highest BCUT2D eigenvalue weighted by Gasteiger charge is 2.26. The van der Waals surface area contributed by atoms with E-state index in [2.05, 4.69) is 0 Å². The van der Waals surface area contributed by atoms with Crippen molar-refractivity contribution < 1.29 is 32.2 Å². The fraction of sp³-hybridized carbons (Fsp3) is 0.0968. The van der Waals surface area contributed by atoms with Crippen molar-refractivity contribution in [3.63, 3.8) is 0 Å². The summed E-state index contributed by atoms with van der Waals surface area (Å²) >= 11 is 2.04. The van der Waals surface area contributed by atoms with Gasteiger partial charge in [-0.05, 0) is 95.1 Å². The van der Waals surface area contributed by atoms with Gasteiger partial charge < -0.3 is 9.84 Å². The quantitative estimate of drug-likeness (QED) is 0.132. The van der Waals surface area contributed by atoms with Gasteiger partial charge in [0.25, 0.3) is 0 Å². The summed E-state index contributed by atoms with van der Waals surface area (Å²) in [5.41, 5.74) is 3.47. The molecular weight excluding hydrogens is 646 g/mol. The lowest BCUT2D eigenvalue weighted by atomic mass is 10.1. The van der Waals surface area contributed by atoms with Gasteiger partial charge in [-0.1, -0.05) is 60.7 Å². The molecule has 0 bridgehead atoms. The van der Waals surface area contributed by atoms with Crippen LogP contribution in [0.15, 0.2) is 94.7 Å². The molecule has 4 rings (SSSR count). The van der Waals surface area contributed by atoms with Crippen LogP contribution < -0.4 is 0 Å². The van der Waals surface area contributed by atoms with Crippen LogP contribution in [0.4, 0.5) is 4.39 Å². The Kier molecular flexibility index (Phi) is 10.4. The molecule has 0 aliphatic rings. The molecule has 0 aromatic heterocycles. The Balaban J connectivity index is 0.000000336. The first-order valence-corrected chi connectivity index (χ1v) is 14.5. The first-order chi connectivity index (χ1) is 18.9. The number of carboxylic acid groups (broad SMARTS) is 1. The van der Waals surface area contributed by atoms with Gasteiger partial charge in [0, 0.05) is 3.57 Å². The summed E-state index contributed by atoms with van der Waals surface area (Å²) in [5, 5.41) is 8.69. The molecule has 40 heavy (non-hydrogen) atoms. The van der Waals surface area contributed by atoms with Gasteiger partial charge in [-0.25, -0.2) is 22.4 Å². The van der Waals surface area contributed by atoms with Crippen LogP contribution in [0.25, 0.3) is 12.2 Å². The van der Waals surface area contributed by atoms with Crippen LogP contribution in [0.2, 0.25) is 0 Å². The van der Waals surface area contributed by atoms with Crippen LogP contribution in [0.1, 0.15) is 43.0 Å². The maximum absolute atomic E-state index is 13.2. The lowest BCUT2D eigenvalue weighted by molar-refractivity contribution is 0.0595. The third kappa shape index (κ3) is 7.42. The average molecular weight is 673 g/mol. The first kappa shape index (κ1) is 30.7. The molecule has 6 nitrogen and oxygen atoms in total. The topological polar surface area (TPSA) is 97.7 Å². The van der Waals surface area contributed by atoms with Crippen molar-refractivity contribution in [1.29, 1.82) is 0 Å². The highest BCUT2D eigenvalue weighted by Crippen LogP contribution is 2.28. The number of benzene rings is 4. The molecule has 0 heterocycles. The van der Waals surface area contributed by atoms with Crippen LogP contribution in [0, 0.1) is 23.2 Å². The summed E-state index contributed by atoms with van der Waals surface area (Å²) < 4.78 is 44.8. The Hall–Kier alpha value is -3.83. The summed E-state index contributed by atoms with van der Waals surface area (Å²) in [7, 11) is -2.70. The van der Waals surface area contributed by atoms with Crippen LogP contribution in [0.5, 0.6) is 0 Å². The maximum Gasteiger partial charge on any atom is 0.339 e. The molecular formula is C31H26FIO6S. The molecule has 0 unspecified atom stereocenters. The zero-order valence-corrected chi connectivity index (χ0v) is 24.9. The van der Waals surface area contributed by atoms with Crippen molar-refractivity contribution in [2.75, 3.05) is 7.11 Å². The number of methoxy groups -OCH3 is 1. The van der Waals surface area contributed by atoms with Crippen LogP contribution in [-0.4, -0.2) is 32.6 Å². The number of sulfone groups is 1. The smallest absolute Gasteiger partial charge is 0.339 e. The highest BCUT2D eigenvalue weighted by atomic mass is 127. The Morgan fingerprint density at radius 3 is 1.80 bits per heavy atom. The van der Waals surface area contributed by atoms with Gasteiger partial charge in [0.15, 0.2) is 0 Å². The number of carboxylic acids is 1. The molecule has 9 heteroatoms. The normalized spacial score (nSPS) is 11.0. The van der Waals surface area contributed by atoms with Gasteiger partial charge >= 0.3 is 11.9 Å². The monoisotopic (exact) mass is 672 g/mol. The van der Waals surface area contributed by atoms with Crippen molar-refractivity contribution in [2.24, 2.45) is 0 Å². The van der Waals surface area contributed by atoms with Crippen LogP contribution >= 0.6 is 22.6 Å². The zero-order valence-electron chi connectivity index (χ0n) is 21.9. The van der Waals surface area contributed by atoms with E-state index in [4.69, 9.17) is 9.84 Å². The van der Waals surface area contributed by atoms with E-state index in [1.165, 1.54) is 37.4 Å². The van der Waals surface area contributed by atoms with E-state index in [0.29, 0.717) is 11.1 Å². The van der Waals surface area contributed by atoms with Crippen molar-refractivity contribution in [1.82, 2.24) is 0 Å². The number of esters is 1. The summed E-state index contributed by atoms with van der Waals surface area (Å²) in [4.78, 5) is 22.6. The number of carbonyl (C=O) groups excluding carboxylic acids is 1. The molecule has 0 saturated heterocycles. The van der Waals surface area contributed by atoms with Crippen molar-refractivity contribution >= 4 is 56.5 Å². The molecule has 4 aromatic rings. The highest BCUT2D eigenvalue weighted by molar-refractivity contribution is 14.1. The third-order valence-electron chi connectivity index (χ3n) is 5.84. The molecule has 4 aromatic carbocycles. The lowest BCUT2D eigenvalue weighted by Gasteiger charge is -2.12. The van der Waals surface area contributed by atoms with Gasteiger partial charge in [-0.3, -0.25) is 0 Å². The summed E-state index contributed by atoms with van der Waals surface area (Å²) in [5.74, 6) is -1.87. The number of hydrogen-bond donors (Lipinski definition) is 1. The van der Waals surface area contributed by atoms with E-state index in [9.17, 15) is 22.4 Å². The minimum Gasteiger partial charge on any atom is -0.478 e. The van der Waals surface area contributed by atoms with Gasteiger partial charge in [0.05, 0.1) is 28.0 Å². The molecule has 0 fully saturated rings. The maximum atomic E-state index is 13.2. The van der Waals surface area contributed by atoms with Crippen molar-refractivity contribution in [2.45, 2.75) is 23.6 Å². The largest absolute Gasteiger partial charge is 0.478 e. The molecule has 206 valence electrons. The van der Waals surface area contributed by atoms with Gasteiger partial charge in [-0.15, -0.1) is 0 Å². The molecule has 0 aliphatic heterocycles. The Labute approximate surface area is 246 Å². The van der Waals surface area contributed by atoms with E-state index in [0.717, 1.165) is 20.3 Å². The molecule has 0 spiro atoms. The van der Waals surface area contributed by atoms with E-state index in [1.54, 1.807) is 67.6 Å². The molecule has 0 saturated carbocycles. The molecule has 0 radical (unpaired) electrons. The number of ether oxygens (including phenoxy) is 1. The van der Waals surface area contributed by atoms with Gasteiger partial charge in [0.1, 0.15) is 5.82 Å². The Morgan fingerprint density at radius 1 is 0.800 bits per heavy atom. The second-order valence-electron chi connectivity index (χ2n) is 8.64. The third-order valence-corrected chi connectivity index (χ3v) is 9.24. The van der Waals surface area contributed by atoms with E-state index >= 15 is 0 Å².